The second kappa shape index (κ2) is 5.22. The van der Waals surface area contributed by atoms with Crippen LogP contribution in [-0.4, -0.2) is 21.2 Å². The molecule has 0 aromatic carbocycles. The molecule has 0 radical (unpaired) electrons. The summed E-state index contributed by atoms with van der Waals surface area (Å²) in [6.45, 7) is 1.71. The molecule has 1 rings (SSSR count). The lowest BCUT2D eigenvalue weighted by atomic mass is 10.2. The Morgan fingerprint density at radius 3 is 2.75 bits per heavy atom. The van der Waals surface area contributed by atoms with Crippen molar-refractivity contribution in [2.24, 2.45) is 0 Å². The molecule has 1 aromatic rings. The molecule has 1 aromatic heterocycles. The van der Waals surface area contributed by atoms with Gasteiger partial charge in [0.2, 0.25) is 0 Å². The van der Waals surface area contributed by atoms with Gasteiger partial charge < -0.3 is 9.67 Å². The van der Waals surface area contributed by atoms with Gasteiger partial charge in [0, 0.05) is 18.7 Å². The van der Waals surface area contributed by atoms with Gasteiger partial charge in [0.25, 0.3) is 11.2 Å². The summed E-state index contributed by atoms with van der Waals surface area (Å²) in [5.41, 5.74) is -0.115. The maximum atomic E-state index is 11.7. The molecule has 0 aliphatic heterocycles. The van der Waals surface area contributed by atoms with E-state index in [0.29, 0.717) is 12.0 Å². The molecule has 7 heteroatoms. The quantitative estimate of drug-likeness (QED) is 0.667. The van der Waals surface area contributed by atoms with Gasteiger partial charge in [-0.15, -0.1) is 0 Å². The van der Waals surface area contributed by atoms with Gasteiger partial charge in [0.05, 0.1) is 15.6 Å². The third-order valence-corrected chi connectivity index (χ3v) is 3.13. The normalized spacial score (nSPS) is 10.4. The number of rotatable bonds is 4. The van der Waals surface area contributed by atoms with E-state index in [1.54, 1.807) is 0 Å². The number of aryl methyl sites for hydroxylation is 1. The minimum atomic E-state index is -0.533. The molecule has 0 atom stereocenters. The molecule has 0 fully saturated rings. The second-order valence-corrected chi connectivity index (χ2v) is 4.08. The van der Waals surface area contributed by atoms with Gasteiger partial charge in [-0.05, 0) is 29.3 Å². The number of aromatic nitrogens is 1. The van der Waals surface area contributed by atoms with Crippen molar-refractivity contribution in [3.8, 4) is 0 Å². The van der Waals surface area contributed by atoms with Crippen molar-refractivity contribution in [2.45, 2.75) is 19.9 Å². The van der Waals surface area contributed by atoms with Gasteiger partial charge in [-0.3, -0.25) is 14.9 Å². The van der Waals surface area contributed by atoms with E-state index in [1.165, 1.54) is 17.7 Å². The standard InChI is InChI=1S/C9H11BrN2O4/c1-6-7(12(15)16)5-11(3-2-4-13)9(14)8(6)10/h5,13H,2-4H2,1H3. The summed E-state index contributed by atoms with van der Waals surface area (Å²) in [5.74, 6) is 0. The van der Waals surface area contributed by atoms with Crippen LogP contribution in [-0.2, 0) is 6.54 Å². The molecule has 1 N–H and O–H groups in total. The molecule has 0 unspecified atom stereocenters. The molecule has 88 valence electrons. The Labute approximate surface area is 99.8 Å². The maximum absolute atomic E-state index is 11.7. The molecule has 0 spiro atoms. The lowest BCUT2D eigenvalue weighted by Crippen LogP contribution is -2.22. The Hall–Kier alpha value is -1.21. The highest BCUT2D eigenvalue weighted by Gasteiger charge is 2.17. The summed E-state index contributed by atoms with van der Waals surface area (Å²) in [5, 5.41) is 19.4. The number of halogens is 1. The highest BCUT2D eigenvalue weighted by molar-refractivity contribution is 9.10. The van der Waals surface area contributed by atoms with Crippen LogP contribution in [0.15, 0.2) is 15.5 Å². The van der Waals surface area contributed by atoms with Crippen LogP contribution >= 0.6 is 15.9 Å². The van der Waals surface area contributed by atoms with Crippen LogP contribution in [0.5, 0.6) is 0 Å². The molecule has 0 amide bonds. The molecule has 0 bridgehead atoms. The Morgan fingerprint density at radius 1 is 1.62 bits per heavy atom. The number of hydrogen-bond donors (Lipinski definition) is 1. The van der Waals surface area contributed by atoms with Crippen LogP contribution in [0.1, 0.15) is 12.0 Å². The van der Waals surface area contributed by atoms with E-state index in [-0.39, 0.29) is 28.9 Å². The van der Waals surface area contributed by atoms with Gasteiger partial charge >= 0.3 is 0 Å². The van der Waals surface area contributed by atoms with E-state index >= 15 is 0 Å². The molecular formula is C9H11BrN2O4. The van der Waals surface area contributed by atoms with Crippen LogP contribution in [0, 0.1) is 17.0 Å². The molecule has 1 heterocycles. The summed E-state index contributed by atoms with van der Waals surface area (Å²) >= 11 is 3.04. The van der Waals surface area contributed by atoms with E-state index in [1.807, 2.05) is 0 Å². The number of hydrogen-bond acceptors (Lipinski definition) is 4. The highest BCUT2D eigenvalue weighted by Crippen LogP contribution is 2.22. The zero-order valence-electron chi connectivity index (χ0n) is 8.64. The molecular weight excluding hydrogens is 280 g/mol. The highest BCUT2D eigenvalue weighted by atomic mass is 79.9. The van der Waals surface area contributed by atoms with E-state index < -0.39 is 4.92 Å². The fourth-order valence-electron chi connectivity index (χ4n) is 1.29. The fourth-order valence-corrected chi connectivity index (χ4v) is 1.72. The van der Waals surface area contributed by atoms with Gasteiger partial charge in [-0.1, -0.05) is 0 Å². The fraction of sp³-hybridized carbons (Fsp3) is 0.444. The summed E-state index contributed by atoms with van der Waals surface area (Å²) < 4.78 is 1.42. The Kier molecular flexibility index (Phi) is 4.19. The number of nitrogens with zero attached hydrogens (tertiary/aromatic N) is 2. The summed E-state index contributed by atoms with van der Waals surface area (Å²) in [6.07, 6.45) is 1.59. The Morgan fingerprint density at radius 2 is 2.25 bits per heavy atom. The lowest BCUT2D eigenvalue weighted by molar-refractivity contribution is -0.386. The van der Waals surface area contributed by atoms with Crippen LogP contribution < -0.4 is 5.56 Å². The van der Waals surface area contributed by atoms with Crippen LogP contribution in [0.2, 0.25) is 0 Å². The van der Waals surface area contributed by atoms with E-state index in [9.17, 15) is 14.9 Å². The predicted molar refractivity (Wildman–Crippen MR) is 61.5 cm³/mol. The minimum Gasteiger partial charge on any atom is -0.396 e. The minimum absolute atomic E-state index is 0.0638. The Bertz CT molecular complexity index is 469. The topological polar surface area (TPSA) is 85.4 Å². The van der Waals surface area contributed by atoms with E-state index in [4.69, 9.17) is 5.11 Å². The van der Waals surface area contributed by atoms with Crippen molar-refractivity contribution < 1.29 is 10.0 Å². The first-order chi connectivity index (χ1) is 7.49. The zero-order valence-corrected chi connectivity index (χ0v) is 10.2. The maximum Gasteiger partial charge on any atom is 0.289 e. The smallest absolute Gasteiger partial charge is 0.289 e. The molecule has 0 saturated carbocycles. The summed E-state index contributed by atoms with van der Waals surface area (Å²) in [6, 6.07) is 0. The van der Waals surface area contributed by atoms with Crippen LogP contribution in [0.25, 0.3) is 0 Å². The zero-order chi connectivity index (χ0) is 12.3. The largest absolute Gasteiger partial charge is 0.396 e. The number of aliphatic hydroxyl groups excluding tert-OH is 1. The second-order valence-electron chi connectivity index (χ2n) is 3.29. The lowest BCUT2D eigenvalue weighted by Gasteiger charge is -2.07. The first-order valence-electron chi connectivity index (χ1n) is 4.63. The van der Waals surface area contributed by atoms with Gasteiger partial charge in [-0.25, -0.2) is 0 Å². The third-order valence-electron chi connectivity index (χ3n) is 2.19. The van der Waals surface area contributed by atoms with Crippen molar-refractivity contribution in [3.05, 3.63) is 36.7 Å². The average Bonchev–Trinajstić information content (AvgIpc) is 2.24. The SMILES string of the molecule is Cc1c([N+](=O)[O-])cn(CCCO)c(=O)c1Br. The first-order valence-corrected chi connectivity index (χ1v) is 5.43. The van der Waals surface area contributed by atoms with Crippen molar-refractivity contribution in [1.29, 1.82) is 0 Å². The first kappa shape index (κ1) is 12.9. The molecule has 6 nitrogen and oxygen atoms in total. The average molecular weight is 291 g/mol. The summed E-state index contributed by atoms with van der Waals surface area (Å²) in [7, 11) is 0. The number of nitro groups is 1. The number of aliphatic hydroxyl groups is 1. The van der Waals surface area contributed by atoms with Crippen molar-refractivity contribution in [2.75, 3.05) is 6.61 Å². The Balaban J connectivity index is 3.30. The van der Waals surface area contributed by atoms with E-state index in [2.05, 4.69) is 15.9 Å². The van der Waals surface area contributed by atoms with Crippen molar-refractivity contribution in [1.82, 2.24) is 4.57 Å². The van der Waals surface area contributed by atoms with Crippen LogP contribution in [0.3, 0.4) is 0 Å². The third kappa shape index (κ3) is 2.48. The van der Waals surface area contributed by atoms with Gasteiger partial charge in [0.15, 0.2) is 0 Å². The van der Waals surface area contributed by atoms with Gasteiger partial charge in [0.1, 0.15) is 0 Å². The molecule has 0 saturated heterocycles. The molecule has 0 aliphatic carbocycles. The van der Waals surface area contributed by atoms with E-state index in [0.717, 1.165) is 0 Å². The van der Waals surface area contributed by atoms with Crippen molar-refractivity contribution in [3.63, 3.8) is 0 Å². The van der Waals surface area contributed by atoms with Crippen LogP contribution in [0.4, 0.5) is 5.69 Å². The van der Waals surface area contributed by atoms with Crippen molar-refractivity contribution >= 4 is 21.6 Å². The molecule has 16 heavy (non-hydrogen) atoms. The van der Waals surface area contributed by atoms with Gasteiger partial charge in [-0.2, -0.15) is 0 Å². The monoisotopic (exact) mass is 290 g/mol. The summed E-state index contributed by atoms with van der Waals surface area (Å²) in [4.78, 5) is 21.9. The predicted octanol–water partition coefficient (Wildman–Crippen LogP) is 1.21. The molecule has 0 aliphatic rings. The number of pyridine rings is 1.